The molecule has 19 heteroatoms. The summed E-state index contributed by atoms with van der Waals surface area (Å²) in [6.45, 7) is 4.94. The van der Waals surface area contributed by atoms with Crippen LogP contribution in [-0.2, 0) is 65.4 Å². The number of rotatable bonds is 79. The Labute approximate surface area is 605 Å². The van der Waals surface area contributed by atoms with Gasteiger partial charge in [-0.25, -0.2) is 9.13 Å². The van der Waals surface area contributed by atoms with Gasteiger partial charge in [0.15, 0.2) is 12.2 Å². The lowest BCUT2D eigenvalue weighted by Crippen LogP contribution is -2.30. The van der Waals surface area contributed by atoms with E-state index in [1.807, 2.05) is 0 Å². The van der Waals surface area contributed by atoms with Crippen molar-refractivity contribution in [1.29, 1.82) is 0 Å². The molecule has 584 valence electrons. The van der Waals surface area contributed by atoms with Gasteiger partial charge < -0.3 is 33.8 Å². The molecule has 0 saturated carbocycles. The fraction of sp³-hybridized carbons (Fsp3) is 0.900. The van der Waals surface area contributed by atoms with Gasteiger partial charge in [-0.3, -0.25) is 37.3 Å². The zero-order chi connectivity index (χ0) is 72.5. The third-order valence-electron chi connectivity index (χ3n) is 18.2. The van der Waals surface area contributed by atoms with E-state index >= 15 is 0 Å². The van der Waals surface area contributed by atoms with Crippen molar-refractivity contribution in [1.82, 2.24) is 0 Å². The van der Waals surface area contributed by atoms with E-state index in [4.69, 9.17) is 37.0 Å². The summed E-state index contributed by atoms with van der Waals surface area (Å²) < 4.78 is 68.6. The van der Waals surface area contributed by atoms with Gasteiger partial charge >= 0.3 is 39.5 Å². The lowest BCUT2D eigenvalue weighted by Gasteiger charge is -2.21. The molecule has 0 amide bonds. The first-order valence-electron chi connectivity index (χ1n) is 41.1. The first-order chi connectivity index (χ1) is 48.2. The molecule has 0 bridgehead atoms. The van der Waals surface area contributed by atoms with Crippen LogP contribution in [0.5, 0.6) is 0 Å². The summed E-state index contributed by atoms with van der Waals surface area (Å²) in [5.41, 5.74) is 0. The molecule has 0 aliphatic rings. The molecule has 5 atom stereocenters. The Morgan fingerprint density at radius 1 is 0.283 bits per heavy atom. The molecule has 99 heavy (non-hydrogen) atoms. The van der Waals surface area contributed by atoms with Crippen molar-refractivity contribution in [2.75, 3.05) is 39.6 Å². The minimum atomic E-state index is -4.97. The second-order valence-corrected chi connectivity index (χ2v) is 31.0. The maximum Gasteiger partial charge on any atom is 0.472 e. The van der Waals surface area contributed by atoms with E-state index in [1.54, 1.807) is 0 Å². The van der Waals surface area contributed by atoms with Crippen LogP contribution in [0.25, 0.3) is 0 Å². The number of allylic oxidation sites excluding steroid dienone is 4. The molecule has 2 unspecified atom stereocenters. The number of aliphatic hydroxyl groups excluding tert-OH is 1. The Bertz CT molecular complexity index is 1970. The fourth-order valence-electron chi connectivity index (χ4n) is 11.9. The highest BCUT2D eigenvalue weighted by Crippen LogP contribution is 2.45. The second-order valence-electron chi connectivity index (χ2n) is 28.1. The molecule has 0 aliphatic heterocycles. The monoisotopic (exact) mass is 1450 g/mol. The van der Waals surface area contributed by atoms with Crippen LogP contribution in [0, 0.1) is 0 Å². The fourth-order valence-corrected chi connectivity index (χ4v) is 13.5. The third kappa shape index (κ3) is 73.6. The van der Waals surface area contributed by atoms with Crippen LogP contribution in [0.1, 0.15) is 407 Å². The van der Waals surface area contributed by atoms with Crippen LogP contribution >= 0.6 is 15.6 Å². The molecule has 0 aromatic carbocycles. The zero-order valence-corrected chi connectivity index (χ0v) is 65.7. The summed E-state index contributed by atoms with van der Waals surface area (Å²) in [4.78, 5) is 72.9. The van der Waals surface area contributed by atoms with E-state index in [-0.39, 0.29) is 25.7 Å². The summed E-state index contributed by atoms with van der Waals surface area (Å²) in [5, 5.41) is 10.6. The van der Waals surface area contributed by atoms with Gasteiger partial charge in [0.25, 0.3) is 0 Å². The minimum absolute atomic E-state index is 0.102. The maximum atomic E-state index is 13.1. The Kier molecular flexibility index (Phi) is 72.0. The van der Waals surface area contributed by atoms with Crippen LogP contribution in [0.4, 0.5) is 0 Å². The summed E-state index contributed by atoms with van der Waals surface area (Å²) in [6, 6.07) is 0. The number of phosphoric ester groups is 2. The second kappa shape index (κ2) is 73.8. The average molecular weight is 1450 g/mol. The summed E-state index contributed by atoms with van der Waals surface area (Å²) in [7, 11) is -9.93. The molecule has 0 fully saturated rings. The molecular formula is C80H152O17P2. The number of unbranched alkanes of at least 4 members (excludes halogenated alkanes) is 50. The Morgan fingerprint density at radius 2 is 0.485 bits per heavy atom. The van der Waals surface area contributed by atoms with Gasteiger partial charge in [0, 0.05) is 25.7 Å². The van der Waals surface area contributed by atoms with Gasteiger partial charge in [-0.05, 0) is 51.4 Å². The highest BCUT2D eigenvalue weighted by molar-refractivity contribution is 7.47. The van der Waals surface area contributed by atoms with E-state index in [2.05, 4.69) is 52.0 Å². The number of carbonyl (C=O) groups excluding carboxylic acids is 4. The molecule has 0 aromatic heterocycles. The predicted octanol–water partition coefficient (Wildman–Crippen LogP) is 23.7. The molecule has 0 radical (unpaired) electrons. The molecule has 0 aliphatic carbocycles. The molecule has 0 saturated heterocycles. The van der Waals surface area contributed by atoms with Gasteiger partial charge in [0.2, 0.25) is 0 Å². The van der Waals surface area contributed by atoms with E-state index in [9.17, 15) is 43.2 Å². The average Bonchev–Trinajstić information content (AvgIpc) is 1.14. The Morgan fingerprint density at radius 3 is 0.737 bits per heavy atom. The lowest BCUT2D eigenvalue weighted by molar-refractivity contribution is -0.161. The number of esters is 4. The van der Waals surface area contributed by atoms with Crippen molar-refractivity contribution < 1.29 is 80.2 Å². The van der Waals surface area contributed by atoms with Crippen molar-refractivity contribution in [3.05, 3.63) is 24.3 Å². The first-order valence-corrected chi connectivity index (χ1v) is 44.1. The number of hydrogen-bond donors (Lipinski definition) is 3. The van der Waals surface area contributed by atoms with Gasteiger partial charge in [-0.1, -0.05) is 354 Å². The summed E-state index contributed by atoms with van der Waals surface area (Å²) in [6.07, 6.45) is 68.7. The smallest absolute Gasteiger partial charge is 0.462 e. The van der Waals surface area contributed by atoms with Crippen molar-refractivity contribution in [3.8, 4) is 0 Å². The molecule has 0 aromatic rings. The van der Waals surface area contributed by atoms with Crippen LogP contribution < -0.4 is 0 Å². The molecule has 0 rings (SSSR count). The molecule has 0 heterocycles. The van der Waals surface area contributed by atoms with Crippen molar-refractivity contribution in [2.24, 2.45) is 0 Å². The molecule has 17 nitrogen and oxygen atoms in total. The predicted molar refractivity (Wildman–Crippen MR) is 405 cm³/mol. The van der Waals surface area contributed by atoms with Crippen molar-refractivity contribution in [3.63, 3.8) is 0 Å². The van der Waals surface area contributed by atoms with Crippen LogP contribution in [0.3, 0.4) is 0 Å². The Hall–Kier alpha value is -2.46. The number of aliphatic hydroxyl groups is 1. The molecule has 0 spiro atoms. The van der Waals surface area contributed by atoms with Gasteiger partial charge in [-0.2, -0.15) is 0 Å². The SMILES string of the molecule is CCCCCC/C=C\C=C/CCCCCCCC(=O)OC[C@H](COP(=O)(O)OC[C@@H](O)COP(=O)(O)OC[C@@H](COC(=O)CCCCCCCCCCCC)OC(=O)CCCCCCCCCCCCCCCC)OC(=O)CCCCCCCCCCCCCCCCCCCCCC. The first kappa shape index (κ1) is 96.5. The van der Waals surface area contributed by atoms with Gasteiger partial charge in [0.05, 0.1) is 26.4 Å². The van der Waals surface area contributed by atoms with Crippen LogP contribution in [-0.4, -0.2) is 96.7 Å². The summed E-state index contributed by atoms with van der Waals surface area (Å²) in [5.74, 6) is -2.14. The molecule has 3 N–H and O–H groups in total. The topological polar surface area (TPSA) is 237 Å². The highest BCUT2D eigenvalue weighted by Gasteiger charge is 2.30. The minimum Gasteiger partial charge on any atom is -0.462 e. The van der Waals surface area contributed by atoms with E-state index in [0.717, 1.165) is 109 Å². The number of carbonyl (C=O) groups is 4. The van der Waals surface area contributed by atoms with E-state index in [0.29, 0.717) is 25.7 Å². The summed E-state index contributed by atoms with van der Waals surface area (Å²) >= 11 is 0. The normalized spacial score (nSPS) is 14.0. The molecular weight excluding hydrogens is 1290 g/mol. The standard InChI is InChI=1S/C80H152O17P2/c1-5-9-13-17-21-25-29-32-35-36-37-38-39-41-44-47-51-55-59-63-67-80(85)97-76(71-91-78(83)65-61-57-53-49-45-43-40-33-30-26-22-18-14-10-6-2)73-95-99(88,89)93-69-74(81)68-92-98(86,87)94-72-75(70-90-77(82)64-60-56-52-48-28-24-20-16-12-8-4)96-79(84)66-62-58-54-50-46-42-34-31-27-23-19-15-11-7-3/h26,30,33,40,74-76,81H,5-25,27-29,31-32,34-39,41-73H2,1-4H3,(H,86,87)(H,88,89)/b30-26-,40-33-/t74-,75+,76+/m0/s1. The zero-order valence-electron chi connectivity index (χ0n) is 64.0. The third-order valence-corrected chi connectivity index (χ3v) is 20.1. The number of hydrogen-bond acceptors (Lipinski definition) is 15. The maximum absolute atomic E-state index is 13.1. The van der Waals surface area contributed by atoms with Gasteiger partial charge in [0.1, 0.15) is 19.3 Å². The number of phosphoric acid groups is 2. The largest absolute Gasteiger partial charge is 0.472 e. The van der Waals surface area contributed by atoms with E-state index in [1.165, 1.54) is 218 Å². The quantitative estimate of drug-likeness (QED) is 0.0169. The van der Waals surface area contributed by atoms with Crippen LogP contribution in [0.15, 0.2) is 24.3 Å². The van der Waals surface area contributed by atoms with Crippen molar-refractivity contribution in [2.45, 2.75) is 425 Å². The Balaban J connectivity index is 5.25. The number of ether oxygens (including phenoxy) is 4. The lowest BCUT2D eigenvalue weighted by atomic mass is 10.0. The van der Waals surface area contributed by atoms with Gasteiger partial charge in [-0.15, -0.1) is 0 Å². The van der Waals surface area contributed by atoms with E-state index < -0.39 is 97.5 Å². The van der Waals surface area contributed by atoms with Crippen molar-refractivity contribution >= 4 is 39.5 Å². The highest BCUT2D eigenvalue weighted by atomic mass is 31.2. The van der Waals surface area contributed by atoms with Crippen LogP contribution in [0.2, 0.25) is 0 Å².